The van der Waals surface area contributed by atoms with Crippen molar-refractivity contribution >= 4 is 11.6 Å². The lowest BCUT2D eigenvalue weighted by atomic mass is 10.00. The smallest absolute Gasteiger partial charge is 0.271 e. The van der Waals surface area contributed by atoms with Crippen LogP contribution in [-0.2, 0) is 0 Å². The Morgan fingerprint density at radius 2 is 1.96 bits per heavy atom. The highest BCUT2D eigenvalue weighted by atomic mass is 16.2. The zero-order valence-corrected chi connectivity index (χ0v) is 15.8. The van der Waals surface area contributed by atoms with Gasteiger partial charge in [-0.2, -0.15) is 0 Å². The number of amides is 1. The number of nitrogens with one attached hydrogen (secondary N) is 1. The number of likely N-dealkylation sites (tertiary alicyclic amines) is 1. The molecule has 0 aromatic carbocycles. The van der Waals surface area contributed by atoms with E-state index in [4.69, 9.17) is 0 Å². The molecule has 1 amide bonds. The highest BCUT2D eigenvalue weighted by molar-refractivity contribution is 5.93. The molecule has 3 heterocycles. The Morgan fingerprint density at radius 3 is 2.73 bits per heavy atom. The molecule has 1 atom stereocenters. The first-order valence-electron chi connectivity index (χ1n) is 10.2. The standard InChI is InChI=1S/C21H30N4O/c1-16-8-6-13-25-15-19(23-20(16)25)21(26)22-17-9-7-12-24(14-17)18-10-4-2-3-5-11-18/h6,8,13,15,17-18H,2-5,7,9-12,14H2,1H3,(H,22,26)/t17-/m0/s1. The first kappa shape index (κ1) is 17.5. The minimum Gasteiger partial charge on any atom is -0.347 e. The van der Waals surface area contributed by atoms with Crippen LogP contribution in [0, 0.1) is 6.92 Å². The van der Waals surface area contributed by atoms with E-state index in [9.17, 15) is 4.79 Å². The van der Waals surface area contributed by atoms with Crippen LogP contribution in [0.5, 0.6) is 0 Å². The van der Waals surface area contributed by atoms with Gasteiger partial charge in [0.15, 0.2) is 0 Å². The molecule has 5 nitrogen and oxygen atoms in total. The molecule has 1 aliphatic heterocycles. The second-order valence-electron chi connectivity index (χ2n) is 8.00. The van der Waals surface area contributed by atoms with Crippen LogP contribution in [0.25, 0.3) is 5.65 Å². The van der Waals surface area contributed by atoms with Crippen LogP contribution < -0.4 is 5.32 Å². The number of imidazole rings is 1. The van der Waals surface area contributed by atoms with Gasteiger partial charge < -0.3 is 9.72 Å². The van der Waals surface area contributed by atoms with E-state index in [1.54, 1.807) is 0 Å². The lowest BCUT2D eigenvalue weighted by molar-refractivity contribution is 0.0856. The Balaban J connectivity index is 1.40. The summed E-state index contributed by atoms with van der Waals surface area (Å²) in [6, 6.07) is 4.97. The van der Waals surface area contributed by atoms with Crippen molar-refractivity contribution in [2.75, 3.05) is 13.1 Å². The average Bonchev–Trinajstić information content (AvgIpc) is 2.91. The van der Waals surface area contributed by atoms with Gasteiger partial charge in [0, 0.05) is 31.0 Å². The van der Waals surface area contributed by atoms with Crippen molar-refractivity contribution in [3.05, 3.63) is 35.8 Å². The Kier molecular flexibility index (Phi) is 5.25. The highest BCUT2D eigenvalue weighted by Crippen LogP contribution is 2.24. The summed E-state index contributed by atoms with van der Waals surface area (Å²) in [5.41, 5.74) is 2.47. The average molecular weight is 354 g/mol. The number of hydrogen-bond acceptors (Lipinski definition) is 3. The first-order chi connectivity index (χ1) is 12.7. The molecule has 1 saturated heterocycles. The fraction of sp³-hybridized carbons (Fsp3) is 0.619. The summed E-state index contributed by atoms with van der Waals surface area (Å²) in [6.07, 6.45) is 14.2. The third-order valence-electron chi connectivity index (χ3n) is 6.04. The van der Waals surface area contributed by atoms with Crippen molar-refractivity contribution in [1.82, 2.24) is 19.6 Å². The molecule has 0 unspecified atom stereocenters. The van der Waals surface area contributed by atoms with Crippen molar-refractivity contribution in [3.8, 4) is 0 Å². The van der Waals surface area contributed by atoms with Gasteiger partial charge in [0.05, 0.1) is 0 Å². The molecule has 2 aromatic heterocycles. The molecule has 2 aromatic rings. The molecule has 5 heteroatoms. The van der Waals surface area contributed by atoms with Gasteiger partial charge in [-0.1, -0.05) is 31.7 Å². The Hall–Kier alpha value is -1.88. The predicted octanol–water partition coefficient (Wildman–Crippen LogP) is 3.56. The van der Waals surface area contributed by atoms with E-state index in [0.29, 0.717) is 5.69 Å². The van der Waals surface area contributed by atoms with Crippen LogP contribution in [-0.4, -0.2) is 45.4 Å². The van der Waals surface area contributed by atoms with Gasteiger partial charge in [0.25, 0.3) is 5.91 Å². The summed E-state index contributed by atoms with van der Waals surface area (Å²) < 4.78 is 1.93. The number of nitrogens with zero attached hydrogens (tertiary/aromatic N) is 3. The Bertz CT molecular complexity index is 760. The molecule has 1 aliphatic carbocycles. The molecule has 2 aliphatic rings. The molecule has 0 spiro atoms. The van der Waals surface area contributed by atoms with Crippen LogP contribution in [0.15, 0.2) is 24.5 Å². The maximum absolute atomic E-state index is 12.7. The van der Waals surface area contributed by atoms with Gasteiger partial charge in [-0.3, -0.25) is 9.69 Å². The first-order valence-corrected chi connectivity index (χ1v) is 10.2. The van der Waals surface area contributed by atoms with Crippen molar-refractivity contribution in [1.29, 1.82) is 0 Å². The number of piperidine rings is 1. The van der Waals surface area contributed by atoms with Gasteiger partial charge in [0.1, 0.15) is 11.3 Å². The number of aryl methyl sites for hydroxylation is 1. The number of pyridine rings is 1. The van der Waals surface area contributed by atoms with Gasteiger partial charge in [-0.15, -0.1) is 0 Å². The molecule has 140 valence electrons. The monoisotopic (exact) mass is 354 g/mol. The number of rotatable bonds is 3. The van der Waals surface area contributed by atoms with E-state index in [2.05, 4.69) is 15.2 Å². The van der Waals surface area contributed by atoms with Gasteiger partial charge in [0.2, 0.25) is 0 Å². The number of fused-ring (bicyclic) bond motifs is 1. The molecule has 4 rings (SSSR count). The number of carbonyl (C=O) groups excluding carboxylic acids is 1. The maximum Gasteiger partial charge on any atom is 0.271 e. The van der Waals surface area contributed by atoms with Crippen LogP contribution in [0.2, 0.25) is 0 Å². The Morgan fingerprint density at radius 1 is 1.15 bits per heavy atom. The Labute approximate surface area is 155 Å². The molecule has 26 heavy (non-hydrogen) atoms. The van der Waals surface area contributed by atoms with E-state index >= 15 is 0 Å². The lowest BCUT2D eigenvalue weighted by Gasteiger charge is -2.38. The van der Waals surface area contributed by atoms with Crippen LogP contribution in [0.1, 0.15) is 67.4 Å². The summed E-state index contributed by atoms with van der Waals surface area (Å²) >= 11 is 0. The SMILES string of the molecule is Cc1cccn2cc(C(=O)N[C@H]3CCCN(C4CCCCCC4)C3)nc12. The topological polar surface area (TPSA) is 49.6 Å². The third kappa shape index (κ3) is 3.78. The maximum atomic E-state index is 12.7. The van der Waals surface area contributed by atoms with Crippen molar-refractivity contribution in [2.45, 2.75) is 70.4 Å². The van der Waals surface area contributed by atoms with E-state index in [1.165, 1.54) is 51.5 Å². The molecule has 1 saturated carbocycles. The molecule has 1 N–H and O–H groups in total. The normalized spacial score (nSPS) is 23.0. The van der Waals surface area contributed by atoms with Gasteiger partial charge in [-0.25, -0.2) is 4.98 Å². The molecule has 2 fully saturated rings. The number of hydrogen-bond donors (Lipinski definition) is 1. The van der Waals surface area contributed by atoms with Gasteiger partial charge in [-0.05, 0) is 50.8 Å². The summed E-state index contributed by atoms with van der Waals surface area (Å²) in [7, 11) is 0. The highest BCUT2D eigenvalue weighted by Gasteiger charge is 2.27. The minimum atomic E-state index is -0.0409. The number of aromatic nitrogens is 2. The van der Waals surface area contributed by atoms with E-state index in [0.717, 1.165) is 30.2 Å². The van der Waals surface area contributed by atoms with E-state index < -0.39 is 0 Å². The largest absolute Gasteiger partial charge is 0.347 e. The quantitative estimate of drug-likeness (QED) is 0.858. The van der Waals surface area contributed by atoms with Crippen molar-refractivity contribution < 1.29 is 4.79 Å². The summed E-state index contributed by atoms with van der Waals surface area (Å²) in [6.45, 7) is 4.20. The van der Waals surface area contributed by atoms with Gasteiger partial charge >= 0.3 is 0 Å². The second kappa shape index (κ2) is 7.78. The summed E-state index contributed by atoms with van der Waals surface area (Å²) in [4.78, 5) is 19.9. The van der Waals surface area contributed by atoms with E-state index in [1.807, 2.05) is 35.9 Å². The fourth-order valence-electron chi connectivity index (χ4n) is 4.60. The zero-order valence-electron chi connectivity index (χ0n) is 15.8. The minimum absolute atomic E-state index is 0.0409. The number of carbonyl (C=O) groups is 1. The molecular weight excluding hydrogens is 324 g/mol. The molecule has 0 radical (unpaired) electrons. The van der Waals surface area contributed by atoms with Crippen molar-refractivity contribution in [2.24, 2.45) is 0 Å². The van der Waals surface area contributed by atoms with Crippen LogP contribution in [0.4, 0.5) is 0 Å². The molecular formula is C21H30N4O. The zero-order chi connectivity index (χ0) is 17.9. The second-order valence-corrected chi connectivity index (χ2v) is 8.00. The predicted molar refractivity (Wildman–Crippen MR) is 103 cm³/mol. The van der Waals surface area contributed by atoms with Crippen molar-refractivity contribution in [3.63, 3.8) is 0 Å². The summed E-state index contributed by atoms with van der Waals surface area (Å²) in [5, 5.41) is 3.24. The lowest BCUT2D eigenvalue weighted by Crippen LogP contribution is -2.51. The fourth-order valence-corrected chi connectivity index (χ4v) is 4.60. The molecule has 0 bridgehead atoms. The third-order valence-corrected chi connectivity index (χ3v) is 6.04. The van der Waals surface area contributed by atoms with Crippen LogP contribution in [0.3, 0.4) is 0 Å². The van der Waals surface area contributed by atoms with E-state index in [-0.39, 0.29) is 11.9 Å². The summed E-state index contributed by atoms with van der Waals surface area (Å²) in [5.74, 6) is -0.0409. The van der Waals surface area contributed by atoms with Crippen LogP contribution >= 0.6 is 0 Å².